The molecule has 0 saturated carbocycles. The van der Waals surface area contributed by atoms with Crippen molar-refractivity contribution in [3.05, 3.63) is 170 Å². The molecule has 0 heterocycles. The van der Waals surface area contributed by atoms with Gasteiger partial charge in [0.1, 0.15) is 13.2 Å². The summed E-state index contributed by atoms with van der Waals surface area (Å²) in [5.41, 5.74) is 0. The van der Waals surface area contributed by atoms with Crippen LogP contribution in [0.3, 0.4) is 0 Å². The smallest absolute Gasteiger partial charge is 0.306 e. The van der Waals surface area contributed by atoms with Crippen LogP contribution in [0.1, 0.15) is 252 Å². The predicted octanol–water partition coefficient (Wildman–Crippen LogP) is 21.9. The minimum Gasteiger partial charge on any atom is -0.462 e. The van der Waals surface area contributed by atoms with Crippen molar-refractivity contribution in [3.8, 4) is 0 Å². The van der Waals surface area contributed by atoms with Crippen LogP contribution in [0.2, 0.25) is 0 Å². The minimum absolute atomic E-state index is 0.115. The lowest BCUT2D eigenvalue weighted by molar-refractivity contribution is -0.167. The van der Waals surface area contributed by atoms with Crippen LogP contribution < -0.4 is 0 Å². The first kappa shape index (κ1) is 73.8. The summed E-state index contributed by atoms with van der Waals surface area (Å²) in [6.45, 7) is 6.33. The van der Waals surface area contributed by atoms with Gasteiger partial charge >= 0.3 is 17.9 Å². The first-order valence-corrected chi connectivity index (χ1v) is 31.6. The monoisotopic (exact) mass is 1090 g/mol. The highest BCUT2D eigenvalue weighted by Gasteiger charge is 2.19. The van der Waals surface area contributed by atoms with E-state index < -0.39 is 6.10 Å². The molecule has 0 amide bonds. The second-order valence-corrected chi connectivity index (χ2v) is 20.2. The fourth-order valence-electron chi connectivity index (χ4n) is 8.06. The highest BCUT2D eigenvalue weighted by Crippen LogP contribution is 2.14. The van der Waals surface area contributed by atoms with Crippen LogP contribution in [0, 0.1) is 0 Å². The van der Waals surface area contributed by atoms with E-state index in [1.54, 1.807) is 0 Å². The molecule has 0 aliphatic rings. The van der Waals surface area contributed by atoms with Gasteiger partial charge in [-0.2, -0.15) is 0 Å². The van der Waals surface area contributed by atoms with Crippen molar-refractivity contribution in [2.45, 2.75) is 258 Å². The van der Waals surface area contributed by atoms with E-state index in [2.05, 4.69) is 191 Å². The maximum Gasteiger partial charge on any atom is 0.306 e. The van der Waals surface area contributed by atoms with Gasteiger partial charge < -0.3 is 14.2 Å². The second kappa shape index (κ2) is 65.3. The zero-order valence-corrected chi connectivity index (χ0v) is 50.6. The fraction of sp³-hybridized carbons (Fsp3) is 0.575. The zero-order valence-electron chi connectivity index (χ0n) is 50.6. The molecule has 0 saturated heterocycles. The Morgan fingerprint density at radius 3 is 0.823 bits per heavy atom. The SMILES string of the molecule is CC/C=C\C/C=C\C/C=C\C/C=C\C/C=C\C/C=C\C/C=C\C/C=C\C/C=C\CCCC(=O)OCC(COC(=O)CCCCCCCCCCCCCCC)OC(=O)CCCCC/C=C\C/C=C\C/C=C\C/C=C\C/C=C\CC. The van der Waals surface area contributed by atoms with Crippen molar-refractivity contribution < 1.29 is 28.6 Å². The topological polar surface area (TPSA) is 78.9 Å². The number of hydrogen-bond acceptors (Lipinski definition) is 6. The molecule has 0 spiro atoms. The third kappa shape index (κ3) is 63.5. The summed E-state index contributed by atoms with van der Waals surface area (Å²) in [4.78, 5) is 38.2. The molecule has 0 N–H and O–H groups in total. The van der Waals surface area contributed by atoms with Gasteiger partial charge in [0.2, 0.25) is 0 Å². The average molecular weight is 1090 g/mol. The molecule has 0 aliphatic heterocycles. The molecule has 0 aliphatic carbocycles. The van der Waals surface area contributed by atoms with Crippen LogP contribution in [0.15, 0.2) is 170 Å². The zero-order chi connectivity index (χ0) is 57.1. The average Bonchev–Trinajstić information content (AvgIpc) is 3.45. The fourth-order valence-corrected chi connectivity index (χ4v) is 8.06. The molecule has 442 valence electrons. The number of carbonyl (C=O) groups excluding carboxylic acids is 3. The van der Waals surface area contributed by atoms with Crippen LogP contribution in [0.4, 0.5) is 0 Å². The number of hydrogen-bond donors (Lipinski definition) is 0. The number of ether oxygens (including phenoxy) is 3. The molecular formula is C73H114O6. The first-order valence-electron chi connectivity index (χ1n) is 31.6. The summed E-state index contributed by atoms with van der Waals surface area (Å²) in [5, 5.41) is 0. The summed E-state index contributed by atoms with van der Waals surface area (Å²) in [6, 6.07) is 0. The van der Waals surface area contributed by atoms with Crippen molar-refractivity contribution in [2.75, 3.05) is 13.2 Å². The first-order chi connectivity index (χ1) is 39.0. The lowest BCUT2D eigenvalue weighted by atomic mass is 10.0. The van der Waals surface area contributed by atoms with Crippen molar-refractivity contribution in [2.24, 2.45) is 0 Å². The maximum absolute atomic E-state index is 12.9. The summed E-state index contributed by atoms with van der Waals surface area (Å²) >= 11 is 0. The van der Waals surface area contributed by atoms with Crippen LogP contribution in [-0.4, -0.2) is 37.2 Å². The summed E-state index contributed by atoms with van der Waals surface area (Å²) < 4.78 is 16.8. The lowest BCUT2D eigenvalue weighted by Gasteiger charge is -2.18. The second-order valence-electron chi connectivity index (χ2n) is 20.2. The van der Waals surface area contributed by atoms with Gasteiger partial charge in [0.05, 0.1) is 0 Å². The van der Waals surface area contributed by atoms with E-state index in [0.717, 1.165) is 135 Å². The van der Waals surface area contributed by atoms with Crippen LogP contribution in [0.5, 0.6) is 0 Å². The number of unbranched alkanes of at least 4 members (excludes halogenated alkanes) is 16. The van der Waals surface area contributed by atoms with Crippen molar-refractivity contribution in [1.29, 1.82) is 0 Å². The molecule has 0 fully saturated rings. The molecular weight excluding hydrogens is 973 g/mol. The van der Waals surface area contributed by atoms with Gasteiger partial charge in [-0.1, -0.05) is 274 Å². The van der Waals surface area contributed by atoms with E-state index in [9.17, 15) is 14.4 Å². The lowest BCUT2D eigenvalue weighted by Crippen LogP contribution is -2.30. The van der Waals surface area contributed by atoms with Gasteiger partial charge in [-0.25, -0.2) is 0 Å². The Balaban J connectivity index is 4.51. The van der Waals surface area contributed by atoms with Crippen LogP contribution >= 0.6 is 0 Å². The summed E-state index contributed by atoms with van der Waals surface area (Å²) in [7, 11) is 0. The highest BCUT2D eigenvalue weighted by atomic mass is 16.6. The Labute approximate surface area is 485 Å². The predicted molar refractivity (Wildman–Crippen MR) is 343 cm³/mol. The molecule has 6 heteroatoms. The Hall–Kier alpha value is -5.23. The van der Waals surface area contributed by atoms with Gasteiger partial charge in [-0.05, 0) is 128 Å². The quantitative estimate of drug-likeness (QED) is 0.0261. The van der Waals surface area contributed by atoms with Gasteiger partial charge in [-0.15, -0.1) is 0 Å². The molecule has 0 aromatic carbocycles. The van der Waals surface area contributed by atoms with Crippen LogP contribution in [0.25, 0.3) is 0 Å². The van der Waals surface area contributed by atoms with Crippen molar-refractivity contribution >= 4 is 17.9 Å². The van der Waals surface area contributed by atoms with E-state index in [4.69, 9.17) is 14.2 Å². The maximum atomic E-state index is 12.9. The van der Waals surface area contributed by atoms with Gasteiger partial charge in [0.15, 0.2) is 6.10 Å². The minimum atomic E-state index is -0.827. The van der Waals surface area contributed by atoms with Gasteiger partial charge in [0.25, 0.3) is 0 Å². The largest absolute Gasteiger partial charge is 0.462 e. The van der Waals surface area contributed by atoms with E-state index in [0.29, 0.717) is 19.3 Å². The third-order valence-corrected chi connectivity index (χ3v) is 12.7. The molecule has 0 aromatic rings. The highest BCUT2D eigenvalue weighted by molar-refractivity contribution is 5.71. The number of carbonyl (C=O) groups is 3. The molecule has 1 atom stereocenters. The molecule has 0 rings (SSSR count). The van der Waals surface area contributed by atoms with Crippen molar-refractivity contribution in [3.63, 3.8) is 0 Å². The summed E-state index contributed by atoms with van der Waals surface area (Å²) in [6.07, 6.45) is 96.4. The Morgan fingerprint density at radius 2 is 0.506 bits per heavy atom. The molecule has 0 bridgehead atoms. The van der Waals surface area contributed by atoms with Gasteiger partial charge in [0, 0.05) is 19.3 Å². The number of esters is 3. The third-order valence-electron chi connectivity index (χ3n) is 12.7. The molecule has 0 radical (unpaired) electrons. The van der Waals surface area contributed by atoms with Crippen molar-refractivity contribution in [1.82, 2.24) is 0 Å². The molecule has 0 aromatic heterocycles. The molecule has 6 nitrogen and oxygen atoms in total. The Morgan fingerprint density at radius 1 is 0.266 bits per heavy atom. The van der Waals surface area contributed by atoms with E-state index in [-0.39, 0.29) is 44.0 Å². The Kier molecular flexibility index (Phi) is 61.0. The normalized spacial score (nSPS) is 13.3. The number of allylic oxidation sites excluding steroid dienone is 28. The Bertz CT molecular complexity index is 1820. The number of rotatable bonds is 55. The van der Waals surface area contributed by atoms with Gasteiger partial charge in [-0.3, -0.25) is 14.4 Å². The van der Waals surface area contributed by atoms with Crippen LogP contribution in [-0.2, 0) is 28.6 Å². The summed E-state index contributed by atoms with van der Waals surface area (Å²) in [5.74, 6) is -1.02. The van der Waals surface area contributed by atoms with E-state index in [1.807, 2.05) is 0 Å². The van der Waals surface area contributed by atoms with E-state index >= 15 is 0 Å². The molecule has 79 heavy (non-hydrogen) atoms. The van der Waals surface area contributed by atoms with E-state index in [1.165, 1.54) is 64.2 Å². The standard InChI is InChI=1S/C73H114O6/c1-4-7-10-13-16-19-22-25-27-29-31-32-33-34-35-36-37-38-39-40-42-43-45-48-51-54-57-60-63-66-72(75)78-69-70(68-77-71(74)65-62-59-56-53-50-47-24-21-18-15-12-9-6-3)79-73(76)67-64-61-58-55-52-49-46-44-41-30-28-26-23-20-17-14-11-8-5-2/h7-8,10-11,16-17,19-20,25-28,31-32,34-35,37-38,40-42,44-45,48-49,52,54,57,70H,4-6,9,12-15,18,21-24,29-30,33,36,39,43,46-47,50-51,53,55-56,58-69H2,1-3H3/b10-7-,11-8-,19-16-,20-17-,27-25-,28-26-,32-31-,35-34-,38-37-,42-40-,44-41-,48-45-,52-49-,57-54-. The molecule has 1 unspecified atom stereocenters.